The number of nitrogens with two attached hydrogens (primary N) is 2. The number of benzene rings is 2. The molecule has 152 valence electrons. The third kappa shape index (κ3) is 3.41. The van der Waals surface area contributed by atoms with Gasteiger partial charge in [0.1, 0.15) is 0 Å². The summed E-state index contributed by atoms with van der Waals surface area (Å²) in [6.07, 6.45) is 0. The van der Waals surface area contributed by atoms with Gasteiger partial charge in [0.2, 0.25) is 9.84 Å². The molecule has 8 N–H and O–H groups in total. The van der Waals surface area contributed by atoms with Gasteiger partial charge in [-0.1, -0.05) is 0 Å². The number of carbonyl (C=O) groups is 4. The van der Waals surface area contributed by atoms with E-state index in [0.717, 1.165) is 12.1 Å². The van der Waals surface area contributed by atoms with Crippen LogP contribution in [0.3, 0.4) is 0 Å². The van der Waals surface area contributed by atoms with Gasteiger partial charge in [0, 0.05) is 11.4 Å². The highest BCUT2D eigenvalue weighted by Gasteiger charge is 2.35. The second-order valence-corrected chi connectivity index (χ2v) is 7.42. The summed E-state index contributed by atoms with van der Waals surface area (Å²) < 4.78 is 26.1. The highest BCUT2D eigenvalue weighted by atomic mass is 32.2. The second kappa shape index (κ2) is 7.12. The van der Waals surface area contributed by atoms with Crippen LogP contribution in [0.1, 0.15) is 41.4 Å². The van der Waals surface area contributed by atoms with Gasteiger partial charge in [-0.3, -0.25) is 0 Å². The maximum atomic E-state index is 13.1. The van der Waals surface area contributed by atoms with Gasteiger partial charge >= 0.3 is 23.9 Å². The average molecular weight is 424 g/mol. The Kier molecular flexibility index (Phi) is 5.20. The van der Waals surface area contributed by atoms with E-state index in [1.165, 1.54) is 0 Å². The zero-order valence-corrected chi connectivity index (χ0v) is 14.9. The van der Waals surface area contributed by atoms with Gasteiger partial charge < -0.3 is 31.9 Å². The molecule has 0 saturated carbocycles. The predicted molar refractivity (Wildman–Crippen MR) is 95.0 cm³/mol. The third-order valence-electron chi connectivity index (χ3n) is 3.83. The predicted octanol–water partition coefficient (Wildman–Crippen LogP) is 0.477. The molecule has 2 aromatic carbocycles. The van der Waals surface area contributed by atoms with Crippen molar-refractivity contribution in [2.45, 2.75) is 9.79 Å². The van der Waals surface area contributed by atoms with E-state index >= 15 is 0 Å². The zero-order chi connectivity index (χ0) is 22.3. The van der Waals surface area contributed by atoms with Crippen molar-refractivity contribution in [3.05, 3.63) is 46.5 Å². The molecule has 0 bridgehead atoms. The zero-order valence-electron chi connectivity index (χ0n) is 14.1. The van der Waals surface area contributed by atoms with E-state index in [1.807, 2.05) is 0 Å². The smallest absolute Gasteiger partial charge is 0.338 e. The van der Waals surface area contributed by atoms with Crippen LogP contribution in [0, 0.1) is 0 Å². The van der Waals surface area contributed by atoms with Crippen molar-refractivity contribution >= 4 is 45.1 Å². The summed E-state index contributed by atoms with van der Waals surface area (Å²) in [7, 11) is -5.04. The minimum absolute atomic E-state index is 0.546. The number of rotatable bonds is 6. The van der Waals surface area contributed by atoms with Crippen molar-refractivity contribution < 1.29 is 48.0 Å². The molecule has 0 spiro atoms. The van der Waals surface area contributed by atoms with Gasteiger partial charge in [0.05, 0.1) is 32.0 Å². The Bertz CT molecular complexity index is 1110. The first-order valence-corrected chi connectivity index (χ1v) is 8.83. The van der Waals surface area contributed by atoms with E-state index in [9.17, 15) is 48.0 Å². The monoisotopic (exact) mass is 424 g/mol. The number of sulfone groups is 1. The summed E-state index contributed by atoms with van der Waals surface area (Å²) in [5.74, 6) is -7.59. The Morgan fingerprint density at radius 3 is 1.10 bits per heavy atom. The van der Waals surface area contributed by atoms with E-state index in [2.05, 4.69) is 0 Å². The Morgan fingerprint density at radius 2 is 0.862 bits per heavy atom. The molecule has 0 atom stereocenters. The molecule has 0 aliphatic heterocycles. The molecule has 13 heteroatoms. The third-order valence-corrected chi connectivity index (χ3v) is 5.67. The molecule has 2 aromatic rings. The molecule has 12 nitrogen and oxygen atoms in total. The lowest BCUT2D eigenvalue weighted by atomic mass is 10.1. The van der Waals surface area contributed by atoms with Gasteiger partial charge in [0.15, 0.2) is 0 Å². The van der Waals surface area contributed by atoms with E-state index in [-0.39, 0.29) is 0 Å². The standard InChI is InChI=1S/C16H12N2O10S/c17-5-1-3-7(11(15(23)24)9(5)13(19)20)29(27,28)8-4-2-6(18)10(14(21)22)12(8)16(25)26/h1-4H,17-18H2,(H,19,20)(H,21,22)(H,23,24)(H,25,26). The lowest BCUT2D eigenvalue weighted by Gasteiger charge is -2.15. The minimum Gasteiger partial charge on any atom is -0.478 e. The van der Waals surface area contributed by atoms with Crippen molar-refractivity contribution in [2.24, 2.45) is 0 Å². The first-order valence-electron chi connectivity index (χ1n) is 7.35. The maximum Gasteiger partial charge on any atom is 0.338 e. The molecule has 0 aliphatic rings. The summed E-state index contributed by atoms with van der Waals surface area (Å²) in [5, 5.41) is 37.2. The van der Waals surface area contributed by atoms with Crippen LogP contribution in [0.2, 0.25) is 0 Å². The topological polar surface area (TPSA) is 235 Å². The van der Waals surface area contributed by atoms with Crippen LogP contribution in [0.15, 0.2) is 34.1 Å². The normalized spacial score (nSPS) is 11.0. The summed E-state index contributed by atoms with van der Waals surface area (Å²) in [5.41, 5.74) is 5.34. The molecule has 0 heterocycles. The number of carboxylic acid groups (broad SMARTS) is 4. The van der Waals surface area contributed by atoms with Crippen molar-refractivity contribution in [2.75, 3.05) is 11.5 Å². The molecule has 0 amide bonds. The van der Waals surface area contributed by atoms with Crippen LogP contribution in [0.25, 0.3) is 0 Å². The molecule has 0 radical (unpaired) electrons. The lowest BCUT2D eigenvalue weighted by molar-refractivity contribution is 0.0648. The molecule has 0 aliphatic carbocycles. The fourth-order valence-electron chi connectivity index (χ4n) is 2.65. The molecule has 29 heavy (non-hydrogen) atoms. The second-order valence-electron chi connectivity index (χ2n) is 5.53. The summed E-state index contributed by atoms with van der Waals surface area (Å²) in [4.78, 5) is 43.9. The van der Waals surface area contributed by atoms with Crippen molar-refractivity contribution in [1.82, 2.24) is 0 Å². The first kappa shape index (κ1) is 21.2. The van der Waals surface area contributed by atoms with Crippen molar-refractivity contribution in [1.29, 1.82) is 0 Å². The fourth-order valence-corrected chi connectivity index (χ4v) is 4.30. The highest BCUT2D eigenvalue weighted by Crippen LogP contribution is 2.34. The summed E-state index contributed by atoms with van der Waals surface area (Å²) >= 11 is 0. The van der Waals surface area contributed by atoms with Crippen molar-refractivity contribution in [3.63, 3.8) is 0 Å². The number of hydrogen-bond acceptors (Lipinski definition) is 8. The number of anilines is 2. The van der Waals surface area contributed by atoms with Crippen LogP contribution in [0.5, 0.6) is 0 Å². The Hall–Kier alpha value is -4.13. The number of aromatic carboxylic acids is 4. The number of nitrogen functional groups attached to an aromatic ring is 2. The molecular formula is C16H12N2O10S. The highest BCUT2D eigenvalue weighted by molar-refractivity contribution is 7.91. The average Bonchev–Trinajstić information content (AvgIpc) is 2.59. The van der Waals surface area contributed by atoms with E-state index in [4.69, 9.17) is 11.5 Å². The largest absolute Gasteiger partial charge is 0.478 e. The Labute approximate surface area is 161 Å². The Morgan fingerprint density at radius 1 is 0.586 bits per heavy atom. The van der Waals surface area contributed by atoms with E-state index in [1.54, 1.807) is 0 Å². The molecule has 0 saturated heterocycles. The van der Waals surface area contributed by atoms with Crippen molar-refractivity contribution in [3.8, 4) is 0 Å². The van der Waals surface area contributed by atoms with E-state index < -0.39 is 77.1 Å². The van der Waals surface area contributed by atoms with Crippen LogP contribution < -0.4 is 11.5 Å². The van der Waals surface area contributed by atoms with Crippen LogP contribution in [-0.2, 0) is 9.84 Å². The van der Waals surface area contributed by atoms with Gasteiger partial charge in [-0.15, -0.1) is 0 Å². The molecule has 2 rings (SSSR count). The van der Waals surface area contributed by atoms with Gasteiger partial charge in [0.25, 0.3) is 0 Å². The van der Waals surface area contributed by atoms with Gasteiger partial charge in [-0.05, 0) is 24.3 Å². The minimum atomic E-state index is -5.04. The Balaban J connectivity index is 3.04. The lowest BCUT2D eigenvalue weighted by Crippen LogP contribution is -2.20. The molecule has 0 aromatic heterocycles. The van der Waals surface area contributed by atoms with Gasteiger partial charge in [-0.2, -0.15) is 0 Å². The van der Waals surface area contributed by atoms with Crippen LogP contribution in [0.4, 0.5) is 11.4 Å². The fraction of sp³-hybridized carbons (Fsp3) is 0. The van der Waals surface area contributed by atoms with Crippen LogP contribution >= 0.6 is 0 Å². The molecule has 0 unspecified atom stereocenters. The van der Waals surface area contributed by atoms with E-state index in [0.29, 0.717) is 12.1 Å². The SMILES string of the molecule is Nc1ccc(S(=O)(=O)c2ccc(N)c(C(=O)O)c2C(=O)O)c(C(=O)O)c1C(=O)O. The summed E-state index contributed by atoms with van der Waals surface area (Å²) in [6.45, 7) is 0. The number of hydrogen-bond donors (Lipinski definition) is 6. The summed E-state index contributed by atoms with van der Waals surface area (Å²) in [6, 6.07) is 3.00. The quantitative estimate of drug-likeness (QED) is 0.347. The number of carboxylic acids is 4. The van der Waals surface area contributed by atoms with Crippen LogP contribution in [-0.4, -0.2) is 52.7 Å². The van der Waals surface area contributed by atoms with Gasteiger partial charge in [-0.25, -0.2) is 27.6 Å². The first-order chi connectivity index (χ1) is 13.3. The molecular weight excluding hydrogens is 412 g/mol. The maximum absolute atomic E-state index is 13.1. The molecule has 0 fully saturated rings.